The van der Waals surface area contributed by atoms with Gasteiger partial charge in [-0.3, -0.25) is 14.4 Å². The molecule has 2 aromatic carbocycles. The van der Waals surface area contributed by atoms with Crippen molar-refractivity contribution in [3.8, 4) is 0 Å². The predicted molar refractivity (Wildman–Crippen MR) is 93.0 cm³/mol. The number of halogens is 3. The zero-order chi connectivity index (χ0) is 20.0. The third-order valence-corrected chi connectivity index (χ3v) is 3.37. The first-order valence-electron chi connectivity index (χ1n) is 7.78. The number of anilines is 2. The van der Waals surface area contributed by atoms with Gasteiger partial charge in [0.05, 0.1) is 0 Å². The topological polar surface area (TPSA) is 87.3 Å². The van der Waals surface area contributed by atoms with Gasteiger partial charge in [0, 0.05) is 30.4 Å². The maximum absolute atomic E-state index is 12.2. The van der Waals surface area contributed by atoms with E-state index in [0.717, 1.165) is 0 Å². The van der Waals surface area contributed by atoms with Crippen molar-refractivity contribution in [3.05, 3.63) is 59.7 Å². The van der Waals surface area contributed by atoms with Crippen LogP contribution in [0.3, 0.4) is 0 Å². The van der Waals surface area contributed by atoms with Crippen molar-refractivity contribution < 1.29 is 27.6 Å². The van der Waals surface area contributed by atoms with Crippen LogP contribution in [0.5, 0.6) is 0 Å². The molecule has 2 aromatic rings. The van der Waals surface area contributed by atoms with E-state index in [1.807, 2.05) is 0 Å². The lowest BCUT2D eigenvalue weighted by atomic mass is 10.1. The standard InChI is InChI=1S/C18H16F3N3O3/c1-11(25)23-15-4-2-3-13(9-15)16(26)22-10-12-5-7-14(8-6-12)24-17(27)18(19,20)21/h2-9H,10H2,1H3,(H,22,26)(H,23,25)(H,24,27). The smallest absolute Gasteiger partial charge is 0.348 e. The van der Waals surface area contributed by atoms with Gasteiger partial charge in [-0.15, -0.1) is 0 Å². The third-order valence-electron chi connectivity index (χ3n) is 3.37. The van der Waals surface area contributed by atoms with Crippen LogP contribution in [0, 0.1) is 0 Å². The number of alkyl halides is 3. The summed E-state index contributed by atoms with van der Waals surface area (Å²) in [6.45, 7) is 1.49. The molecule has 0 aliphatic heterocycles. The summed E-state index contributed by atoms with van der Waals surface area (Å²) in [4.78, 5) is 34.1. The van der Waals surface area contributed by atoms with Crippen molar-refractivity contribution in [3.63, 3.8) is 0 Å². The fourth-order valence-corrected chi connectivity index (χ4v) is 2.13. The van der Waals surface area contributed by atoms with E-state index in [1.54, 1.807) is 23.5 Å². The molecule has 0 radical (unpaired) electrons. The summed E-state index contributed by atoms with van der Waals surface area (Å²) < 4.78 is 36.6. The van der Waals surface area contributed by atoms with Gasteiger partial charge >= 0.3 is 12.1 Å². The molecule has 0 fully saturated rings. The number of nitrogens with one attached hydrogen (secondary N) is 3. The van der Waals surface area contributed by atoms with Gasteiger partial charge in [0.1, 0.15) is 0 Å². The van der Waals surface area contributed by atoms with Crippen molar-refractivity contribution in [2.24, 2.45) is 0 Å². The number of hydrogen-bond donors (Lipinski definition) is 3. The molecule has 27 heavy (non-hydrogen) atoms. The van der Waals surface area contributed by atoms with Gasteiger partial charge in [0.2, 0.25) is 5.91 Å². The third kappa shape index (κ3) is 6.14. The second kappa shape index (κ2) is 8.35. The minimum Gasteiger partial charge on any atom is -0.348 e. The van der Waals surface area contributed by atoms with E-state index < -0.39 is 12.1 Å². The molecule has 9 heteroatoms. The first kappa shape index (κ1) is 20.0. The summed E-state index contributed by atoms with van der Waals surface area (Å²) in [6, 6.07) is 12.0. The SMILES string of the molecule is CC(=O)Nc1cccc(C(=O)NCc2ccc(NC(=O)C(F)(F)F)cc2)c1. The molecule has 2 rings (SSSR count). The van der Waals surface area contributed by atoms with Crippen molar-refractivity contribution in [1.82, 2.24) is 5.32 Å². The molecular formula is C18H16F3N3O3. The van der Waals surface area contributed by atoms with Crippen molar-refractivity contribution >= 4 is 29.1 Å². The molecule has 0 bridgehead atoms. The normalized spacial score (nSPS) is 10.8. The molecule has 0 unspecified atom stereocenters. The monoisotopic (exact) mass is 379 g/mol. The van der Waals surface area contributed by atoms with Gasteiger partial charge in [0.15, 0.2) is 0 Å². The van der Waals surface area contributed by atoms with Gasteiger partial charge in [0.25, 0.3) is 5.91 Å². The Hall–Kier alpha value is -3.36. The lowest BCUT2D eigenvalue weighted by molar-refractivity contribution is -0.167. The molecule has 0 spiro atoms. The molecule has 0 aromatic heterocycles. The van der Waals surface area contributed by atoms with Crippen LogP contribution in [0.25, 0.3) is 0 Å². The van der Waals surface area contributed by atoms with Crippen molar-refractivity contribution in [1.29, 1.82) is 0 Å². The van der Waals surface area contributed by atoms with E-state index in [2.05, 4.69) is 10.6 Å². The highest BCUT2D eigenvalue weighted by molar-refractivity contribution is 5.97. The van der Waals surface area contributed by atoms with Crippen LogP contribution >= 0.6 is 0 Å². The van der Waals surface area contributed by atoms with Gasteiger partial charge in [-0.25, -0.2) is 0 Å². The average Bonchev–Trinajstić information content (AvgIpc) is 2.59. The summed E-state index contributed by atoms with van der Waals surface area (Å²) in [5, 5.41) is 6.97. The number of rotatable bonds is 5. The largest absolute Gasteiger partial charge is 0.471 e. The molecule has 0 heterocycles. The lowest BCUT2D eigenvalue weighted by Crippen LogP contribution is -2.29. The molecule has 0 aliphatic carbocycles. The Morgan fingerprint density at radius 2 is 1.59 bits per heavy atom. The van der Waals surface area contributed by atoms with E-state index >= 15 is 0 Å². The van der Waals surface area contributed by atoms with Crippen LogP contribution in [-0.4, -0.2) is 23.9 Å². The Morgan fingerprint density at radius 1 is 0.926 bits per heavy atom. The minimum atomic E-state index is -4.96. The number of hydrogen-bond acceptors (Lipinski definition) is 3. The Bertz CT molecular complexity index is 849. The highest BCUT2D eigenvalue weighted by Crippen LogP contribution is 2.18. The summed E-state index contributed by atoms with van der Waals surface area (Å²) in [6.07, 6.45) is -4.96. The lowest BCUT2D eigenvalue weighted by Gasteiger charge is -2.10. The molecule has 0 saturated carbocycles. The first-order valence-corrected chi connectivity index (χ1v) is 7.78. The molecular weight excluding hydrogens is 363 g/mol. The molecule has 0 saturated heterocycles. The zero-order valence-corrected chi connectivity index (χ0v) is 14.2. The van der Waals surface area contributed by atoms with E-state index in [-0.39, 0.29) is 24.0 Å². The Morgan fingerprint density at radius 3 is 2.19 bits per heavy atom. The molecule has 6 nitrogen and oxygen atoms in total. The second-order valence-electron chi connectivity index (χ2n) is 5.59. The summed E-state index contributed by atoms with van der Waals surface area (Å²) in [7, 11) is 0. The number of amides is 3. The molecule has 142 valence electrons. The van der Waals surface area contributed by atoms with Crippen LogP contribution in [-0.2, 0) is 16.1 Å². The van der Waals surface area contributed by atoms with Crippen LogP contribution in [0.4, 0.5) is 24.5 Å². The molecule has 3 amide bonds. The van der Waals surface area contributed by atoms with E-state index in [0.29, 0.717) is 16.8 Å². The van der Waals surface area contributed by atoms with Gasteiger partial charge in [-0.1, -0.05) is 18.2 Å². The fourth-order valence-electron chi connectivity index (χ4n) is 2.13. The highest BCUT2D eigenvalue weighted by atomic mass is 19.4. The van der Waals surface area contributed by atoms with Crippen LogP contribution in [0.15, 0.2) is 48.5 Å². The molecule has 3 N–H and O–H groups in total. The van der Waals surface area contributed by atoms with Crippen LogP contribution < -0.4 is 16.0 Å². The Labute approximate surface area is 152 Å². The number of carbonyl (C=O) groups excluding carboxylic acids is 3. The Kier molecular flexibility index (Phi) is 6.17. The summed E-state index contributed by atoms with van der Waals surface area (Å²) in [5.74, 6) is -2.69. The summed E-state index contributed by atoms with van der Waals surface area (Å²) >= 11 is 0. The molecule has 0 aliphatic rings. The first-order chi connectivity index (χ1) is 12.6. The van der Waals surface area contributed by atoms with Gasteiger partial charge < -0.3 is 16.0 Å². The quantitative estimate of drug-likeness (QED) is 0.746. The molecule has 0 atom stereocenters. The van der Waals surface area contributed by atoms with Gasteiger partial charge in [-0.05, 0) is 35.9 Å². The van der Waals surface area contributed by atoms with Gasteiger partial charge in [-0.2, -0.15) is 13.2 Å². The maximum Gasteiger partial charge on any atom is 0.471 e. The van der Waals surface area contributed by atoms with Crippen LogP contribution in [0.1, 0.15) is 22.8 Å². The zero-order valence-electron chi connectivity index (χ0n) is 14.2. The number of benzene rings is 2. The average molecular weight is 379 g/mol. The summed E-state index contributed by atoms with van der Waals surface area (Å²) in [5.41, 5.74) is 1.46. The Balaban J connectivity index is 1.94. The van der Waals surface area contributed by atoms with Crippen molar-refractivity contribution in [2.45, 2.75) is 19.6 Å². The van der Waals surface area contributed by atoms with Crippen molar-refractivity contribution in [2.75, 3.05) is 10.6 Å². The van der Waals surface area contributed by atoms with E-state index in [4.69, 9.17) is 0 Å². The fraction of sp³-hybridized carbons (Fsp3) is 0.167. The second-order valence-corrected chi connectivity index (χ2v) is 5.59. The predicted octanol–water partition coefficient (Wildman–Crippen LogP) is 3.08. The maximum atomic E-state index is 12.2. The number of carbonyl (C=O) groups is 3. The minimum absolute atomic E-state index is 0.00425. The van der Waals surface area contributed by atoms with E-state index in [9.17, 15) is 27.6 Å². The van der Waals surface area contributed by atoms with E-state index in [1.165, 1.54) is 37.3 Å². The van der Waals surface area contributed by atoms with Crippen LogP contribution in [0.2, 0.25) is 0 Å². The highest BCUT2D eigenvalue weighted by Gasteiger charge is 2.38.